The van der Waals surface area contributed by atoms with Gasteiger partial charge in [-0.2, -0.15) is 0 Å². The predicted octanol–water partition coefficient (Wildman–Crippen LogP) is 13.5. The maximum Gasteiger partial charge on any atom is 0.472 e. The smallest absolute Gasteiger partial charge is 0.462 e. The maximum absolute atomic E-state index is 12.6. The van der Waals surface area contributed by atoms with Crippen molar-refractivity contribution >= 4 is 19.8 Å². The Labute approximate surface area is 355 Å². The largest absolute Gasteiger partial charge is 0.472 e. The summed E-state index contributed by atoms with van der Waals surface area (Å²) in [5, 5.41) is 2.82. The summed E-state index contributed by atoms with van der Waals surface area (Å²) in [6.45, 7) is 4.13. The number of nitrogens with one attached hydrogen (secondary N) is 1. The fourth-order valence-electron chi connectivity index (χ4n) is 6.07. The molecule has 2 N–H and O–H groups in total. The summed E-state index contributed by atoms with van der Waals surface area (Å²) in [6.07, 6.45) is 51.3. The minimum Gasteiger partial charge on any atom is -0.462 e. The van der Waals surface area contributed by atoms with Crippen molar-refractivity contribution in [1.82, 2.24) is 5.32 Å². The molecule has 0 spiro atoms. The molecule has 0 aromatic rings. The number of likely N-dealkylation sites (N-methyl/N-ethyl adjacent to an activating group) is 1. The quantitative estimate of drug-likeness (QED) is 0.0268. The van der Waals surface area contributed by atoms with Crippen molar-refractivity contribution in [2.75, 3.05) is 33.4 Å². The Hall–Kier alpha value is -2.29. The molecular weight excluding hydrogens is 750 g/mol. The molecule has 2 atom stereocenters. The molecule has 0 bridgehead atoms. The van der Waals surface area contributed by atoms with Gasteiger partial charge in [0.1, 0.15) is 6.61 Å². The number of esters is 2. The fourth-order valence-corrected chi connectivity index (χ4v) is 6.82. The standard InChI is InChI=1S/C48H86NO8P/c1-4-6-8-10-12-14-16-18-20-22-23-25-26-28-30-32-34-36-38-40-47(50)54-44-46(45-56-58(52,53)55-43-42-49-3)57-48(51)41-39-37-35-33-31-29-27-24-21-19-17-15-13-11-9-7-5-2/h13,15,18-21,27,29,33,35,46,49H,4-12,14,16-17,22-26,28,30-32,34,36-45H2,1-3H3,(H,52,53)/b15-13-,20-18-,21-19-,29-27-,35-33-. The van der Waals surface area contributed by atoms with Crippen LogP contribution >= 0.6 is 7.82 Å². The second kappa shape index (κ2) is 44.3. The van der Waals surface area contributed by atoms with Crippen LogP contribution in [0, 0.1) is 0 Å². The molecule has 0 radical (unpaired) electrons. The van der Waals surface area contributed by atoms with Crippen LogP contribution in [0.1, 0.15) is 194 Å². The molecule has 9 nitrogen and oxygen atoms in total. The van der Waals surface area contributed by atoms with Gasteiger partial charge in [-0.05, 0) is 84.1 Å². The van der Waals surface area contributed by atoms with Gasteiger partial charge in [0.25, 0.3) is 0 Å². The van der Waals surface area contributed by atoms with Crippen LogP contribution in [0.4, 0.5) is 0 Å². The van der Waals surface area contributed by atoms with E-state index in [2.05, 4.69) is 73.8 Å². The number of phosphoric acid groups is 1. The highest BCUT2D eigenvalue weighted by Crippen LogP contribution is 2.43. The lowest BCUT2D eigenvalue weighted by molar-refractivity contribution is -0.161. The third-order valence-electron chi connectivity index (χ3n) is 9.61. The number of carbonyl (C=O) groups is 2. The van der Waals surface area contributed by atoms with Gasteiger partial charge in [0, 0.05) is 19.4 Å². The van der Waals surface area contributed by atoms with Gasteiger partial charge in [0.05, 0.1) is 13.2 Å². The number of phosphoric ester groups is 1. The predicted molar refractivity (Wildman–Crippen MR) is 243 cm³/mol. The maximum atomic E-state index is 12.6. The molecule has 0 aliphatic rings. The molecule has 2 unspecified atom stereocenters. The topological polar surface area (TPSA) is 120 Å². The van der Waals surface area contributed by atoms with Gasteiger partial charge in [-0.1, -0.05) is 164 Å². The summed E-state index contributed by atoms with van der Waals surface area (Å²) < 4.78 is 33.2. The van der Waals surface area contributed by atoms with Gasteiger partial charge in [0.2, 0.25) is 0 Å². The normalized spacial score (nSPS) is 13.8. The molecule has 0 rings (SSSR count). The number of ether oxygens (including phenoxy) is 2. The van der Waals surface area contributed by atoms with Gasteiger partial charge < -0.3 is 19.7 Å². The van der Waals surface area contributed by atoms with E-state index < -0.39 is 26.5 Å². The summed E-state index contributed by atoms with van der Waals surface area (Å²) >= 11 is 0. The molecular formula is C48H86NO8P. The van der Waals surface area contributed by atoms with Crippen molar-refractivity contribution in [2.45, 2.75) is 200 Å². The fraction of sp³-hybridized carbons (Fsp3) is 0.750. The summed E-state index contributed by atoms with van der Waals surface area (Å²) in [4.78, 5) is 35.1. The average Bonchev–Trinajstić information content (AvgIpc) is 3.21. The second-order valence-corrected chi connectivity index (χ2v) is 16.7. The molecule has 10 heteroatoms. The number of rotatable bonds is 43. The lowest BCUT2D eigenvalue weighted by atomic mass is 10.1. The first-order valence-electron chi connectivity index (χ1n) is 23.2. The summed E-state index contributed by atoms with van der Waals surface area (Å²) in [5.74, 6) is -0.875. The Kier molecular flexibility index (Phi) is 42.5. The van der Waals surface area contributed by atoms with E-state index in [0.717, 1.165) is 38.5 Å². The van der Waals surface area contributed by atoms with Gasteiger partial charge >= 0.3 is 19.8 Å². The molecule has 0 amide bonds. The van der Waals surface area contributed by atoms with Crippen molar-refractivity contribution in [1.29, 1.82) is 0 Å². The third-order valence-corrected chi connectivity index (χ3v) is 10.6. The number of hydrogen-bond acceptors (Lipinski definition) is 8. The zero-order valence-corrected chi connectivity index (χ0v) is 38.1. The lowest BCUT2D eigenvalue weighted by Gasteiger charge is -2.20. The monoisotopic (exact) mass is 836 g/mol. The SMILES string of the molecule is CCCCC/C=C\C/C=C\C/C=C\C/C=C\CCCC(=O)OC(COC(=O)CCCCCCCCCCC/C=C\CCCCCCCC)COP(=O)(O)OCCNC. The van der Waals surface area contributed by atoms with Crippen molar-refractivity contribution in [2.24, 2.45) is 0 Å². The van der Waals surface area contributed by atoms with E-state index in [0.29, 0.717) is 19.4 Å². The van der Waals surface area contributed by atoms with Crippen LogP contribution < -0.4 is 5.32 Å². The van der Waals surface area contributed by atoms with E-state index in [1.807, 2.05) is 6.08 Å². The summed E-state index contributed by atoms with van der Waals surface area (Å²) in [6, 6.07) is 0. The van der Waals surface area contributed by atoms with E-state index >= 15 is 0 Å². The minimum absolute atomic E-state index is 0.0293. The average molecular weight is 836 g/mol. The van der Waals surface area contributed by atoms with Crippen molar-refractivity contribution in [3.05, 3.63) is 60.8 Å². The Morgan fingerprint density at radius 1 is 0.534 bits per heavy atom. The number of unbranched alkanes of at least 4 members (excludes halogenated alkanes) is 19. The Balaban J connectivity index is 4.26. The van der Waals surface area contributed by atoms with E-state index in [-0.39, 0.29) is 32.0 Å². The van der Waals surface area contributed by atoms with Crippen LogP contribution in [0.25, 0.3) is 0 Å². The molecule has 0 aliphatic heterocycles. The van der Waals surface area contributed by atoms with Crippen molar-refractivity contribution in [3.63, 3.8) is 0 Å². The molecule has 0 saturated carbocycles. The first-order valence-corrected chi connectivity index (χ1v) is 24.7. The van der Waals surface area contributed by atoms with E-state index in [4.69, 9.17) is 18.5 Å². The molecule has 0 aliphatic carbocycles. The van der Waals surface area contributed by atoms with Crippen molar-refractivity contribution < 1.29 is 37.6 Å². The van der Waals surface area contributed by atoms with Crippen LogP contribution in [0.15, 0.2) is 60.8 Å². The number of hydrogen-bond donors (Lipinski definition) is 2. The van der Waals surface area contributed by atoms with Gasteiger partial charge in [-0.25, -0.2) is 4.57 Å². The van der Waals surface area contributed by atoms with E-state index in [1.54, 1.807) is 7.05 Å². The highest BCUT2D eigenvalue weighted by Gasteiger charge is 2.26. The van der Waals surface area contributed by atoms with Crippen LogP contribution in [0.2, 0.25) is 0 Å². The Morgan fingerprint density at radius 2 is 0.948 bits per heavy atom. The summed E-state index contributed by atoms with van der Waals surface area (Å²) in [7, 11) is -2.67. The third kappa shape index (κ3) is 43.3. The zero-order chi connectivity index (χ0) is 42.5. The second-order valence-electron chi connectivity index (χ2n) is 15.2. The number of carbonyl (C=O) groups excluding carboxylic acids is 2. The van der Waals surface area contributed by atoms with Gasteiger partial charge in [-0.3, -0.25) is 18.6 Å². The van der Waals surface area contributed by atoms with Crippen LogP contribution in [-0.2, 0) is 32.7 Å². The highest BCUT2D eigenvalue weighted by molar-refractivity contribution is 7.47. The molecule has 0 aromatic heterocycles. The molecule has 336 valence electrons. The summed E-state index contributed by atoms with van der Waals surface area (Å²) in [5.41, 5.74) is 0. The van der Waals surface area contributed by atoms with Crippen LogP contribution in [0.3, 0.4) is 0 Å². The van der Waals surface area contributed by atoms with E-state index in [1.165, 1.54) is 116 Å². The molecule has 0 aromatic carbocycles. The highest BCUT2D eigenvalue weighted by atomic mass is 31.2. The first-order chi connectivity index (χ1) is 28.3. The van der Waals surface area contributed by atoms with E-state index in [9.17, 15) is 19.0 Å². The minimum atomic E-state index is -4.37. The molecule has 0 heterocycles. The molecule has 0 saturated heterocycles. The Bertz CT molecular complexity index is 1130. The van der Waals surface area contributed by atoms with Crippen LogP contribution in [-0.4, -0.2) is 56.3 Å². The van der Waals surface area contributed by atoms with Gasteiger partial charge in [0.15, 0.2) is 6.10 Å². The van der Waals surface area contributed by atoms with Crippen molar-refractivity contribution in [3.8, 4) is 0 Å². The zero-order valence-electron chi connectivity index (χ0n) is 37.2. The lowest BCUT2D eigenvalue weighted by Crippen LogP contribution is -2.29. The van der Waals surface area contributed by atoms with Gasteiger partial charge in [-0.15, -0.1) is 0 Å². The Morgan fingerprint density at radius 3 is 1.48 bits per heavy atom. The molecule has 0 fully saturated rings. The number of allylic oxidation sites excluding steroid dienone is 10. The molecule has 58 heavy (non-hydrogen) atoms. The first kappa shape index (κ1) is 55.7. The van der Waals surface area contributed by atoms with Crippen LogP contribution in [0.5, 0.6) is 0 Å².